The number of carbonyl (C=O) groups excluding carboxylic acids is 1. The average molecular weight is 321 g/mol. The molecule has 2 aliphatic rings. The van der Waals surface area contributed by atoms with Gasteiger partial charge in [-0.15, -0.1) is 0 Å². The number of rotatable bonds is 0. The number of halogens is 2. The summed E-state index contributed by atoms with van der Waals surface area (Å²) in [5.41, 5.74) is 1.53. The van der Waals surface area contributed by atoms with Crippen molar-refractivity contribution in [3.05, 3.63) is 35.5 Å². The molecule has 1 aromatic heterocycles. The zero-order valence-corrected chi connectivity index (χ0v) is 13.7. The van der Waals surface area contributed by atoms with E-state index in [9.17, 15) is 13.6 Å². The molecule has 4 rings (SSSR count). The van der Waals surface area contributed by atoms with Crippen molar-refractivity contribution in [1.82, 2.24) is 4.57 Å². The van der Waals surface area contributed by atoms with Crippen LogP contribution in [0.5, 0.6) is 0 Å². The second kappa shape index (κ2) is 5.32. The molecule has 5 heteroatoms. The largest absolute Gasteiger partial charge is 0.434 e. The topological polar surface area (TPSA) is 31.2 Å². The number of benzene rings is 1. The molecule has 1 aromatic carbocycles. The first-order valence-electron chi connectivity index (χ1n) is 8.14. The highest BCUT2D eigenvalue weighted by molar-refractivity contribution is 5.98. The Balaban J connectivity index is 0.000000753. The Hall–Kier alpha value is -1.91. The van der Waals surface area contributed by atoms with E-state index in [0.717, 1.165) is 16.5 Å². The van der Waals surface area contributed by atoms with E-state index < -0.39 is 17.6 Å². The second-order valence-electron chi connectivity index (χ2n) is 6.12. The van der Waals surface area contributed by atoms with E-state index in [2.05, 4.69) is 0 Å². The van der Waals surface area contributed by atoms with Gasteiger partial charge in [-0.1, -0.05) is 25.5 Å². The van der Waals surface area contributed by atoms with Crippen LogP contribution < -0.4 is 0 Å². The van der Waals surface area contributed by atoms with Crippen molar-refractivity contribution in [1.29, 1.82) is 0 Å². The van der Waals surface area contributed by atoms with Crippen molar-refractivity contribution in [2.24, 2.45) is 0 Å². The fourth-order valence-electron chi connectivity index (χ4n) is 3.53. The maximum absolute atomic E-state index is 13.5. The molecule has 1 spiro atoms. The zero-order chi connectivity index (χ0) is 16.8. The SMILES string of the molecule is CC.Cc1ccc2c(c1)cc1n2C2(CCC(F)(F)CC2)OC1=O. The van der Waals surface area contributed by atoms with E-state index >= 15 is 0 Å². The number of carbonyl (C=O) groups is 1. The Kier molecular flexibility index (Phi) is 3.69. The van der Waals surface area contributed by atoms with Gasteiger partial charge in [-0.25, -0.2) is 13.6 Å². The summed E-state index contributed by atoms with van der Waals surface area (Å²) in [6.07, 6.45) is -0.163. The molecule has 0 atom stereocenters. The Morgan fingerprint density at radius 3 is 2.39 bits per heavy atom. The number of hydrogen-bond donors (Lipinski definition) is 0. The van der Waals surface area contributed by atoms with Crippen molar-refractivity contribution in [3.63, 3.8) is 0 Å². The summed E-state index contributed by atoms with van der Waals surface area (Å²) in [6, 6.07) is 7.69. The van der Waals surface area contributed by atoms with Crippen molar-refractivity contribution in [2.75, 3.05) is 0 Å². The van der Waals surface area contributed by atoms with E-state index in [4.69, 9.17) is 4.74 Å². The number of aromatic nitrogens is 1. The normalized spacial score (nSPS) is 20.8. The molecule has 0 saturated heterocycles. The minimum Gasteiger partial charge on any atom is -0.434 e. The molecule has 1 fully saturated rings. The number of esters is 1. The van der Waals surface area contributed by atoms with Crippen LogP contribution in [0.1, 0.15) is 55.6 Å². The van der Waals surface area contributed by atoms with Crippen LogP contribution in [0, 0.1) is 6.92 Å². The van der Waals surface area contributed by atoms with E-state index in [-0.39, 0.29) is 25.7 Å². The summed E-state index contributed by atoms with van der Waals surface area (Å²) in [5.74, 6) is -3.06. The Bertz CT molecular complexity index is 754. The third-order valence-electron chi connectivity index (χ3n) is 4.62. The fraction of sp³-hybridized carbons (Fsp3) is 0.500. The van der Waals surface area contributed by atoms with E-state index in [1.165, 1.54) is 0 Å². The highest BCUT2D eigenvalue weighted by atomic mass is 19.3. The fourth-order valence-corrected chi connectivity index (χ4v) is 3.53. The van der Waals surface area contributed by atoms with Crippen LogP contribution in [-0.2, 0) is 10.5 Å². The standard InChI is InChI=1S/C16H15F2NO2.C2H6/c1-10-2-3-12-11(8-10)9-13-14(20)21-16(19(12)13)6-4-15(17,18)5-7-16;1-2/h2-3,8-9H,4-7H2,1H3;1-2H3. The van der Waals surface area contributed by atoms with Gasteiger partial charge in [-0.2, -0.15) is 0 Å². The van der Waals surface area contributed by atoms with Crippen LogP contribution in [0.3, 0.4) is 0 Å². The van der Waals surface area contributed by atoms with Crippen molar-refractivity contribution >= 4 is 16.9 Å². The summed E-state index contributed by atoms with van der Waals surface area (Å²) in [4.78, 5) is 12.1. The van der Waals surface area contributed by atoms with Crippen LogP contribution in [0.25, 0.3) is 10.9 Å². The molecule has 0 bridgehead atoms. The third kappa shape index (κ3) is 2.42. The van der Waals surface area contributed by atoms with Gasteiger partial charge in [-0.05, 0) is 25.1 Å². The number of alkyl halides is 2. The quantitative estimate of drug-likeness (QED) is 0.639. The first-order valence-corrected chi connectivity index (χ1v) is 8.14. The minimum atomic E-state index is -2.65. The van der Waals surface area contributed by atoms with Gasteiger partial charge in [0, 0.05) is 31.1 Å². The molecule has 0 unspecified atom stereocenters. The molecular formula is C18H21F2NO2. The lowest BCUT2D eigenvalue weighted by Gasteiger charge is -2.37. The van der Waals surface area contributed by atoms with Crippen LogP contribution in [0.2, 0.25) is 0 Å². The minimum absolute atomic E-state index is 0.163. The van der Waals surface area contributed by atoms with Crippen LogP contribution >= 0.6 is 0 Å². The van der Waals surface area contributed by atoms with Gasteiger partial charge in [0.25, 0.3) is 0 Å². The van der Waals surface area contributed by atoms with E-state index in [0.29, 0.717) is 5.69 Å². The molecule has 23 heavy (non-hydrogen) atoms. The van der Waals surface area contributed by atoms with Gasteiger partial charge < -0.3 is 4.74 Å². The van der Waals surface area contributed by atoms with Gasteiger partial charge in [0.15, 0.2) is 5.72 Å². The smallest absolute Gasteiger partial charge is 0.357 e. The lowest BCUT2D eigenvalue weighted by Crippen LogP contribution is -2.40. The predicted octanol–water partition coefficient (Wildman–Crippen LogP) is 5.01. The van der Waals surface area contributed by atoms with Crippen molar-refractivity contribution < 1.29 is 18.3 Å². The van der Waals surface area contributed by atoms with E-state index in [1.807, 2.05) is 43.5 Å². The Morgan fingerprint density at radius 2 is 1.74 bits per heavy atom. The number of ether oxygens (including phenoxy) is 1. The number of aryl methyl sites for hydroxylation is 1. The summed E-state index contributed by atoms with van der Waals surface area (Å²) in [7, 11) is 0. The monoisotopic (exact) mass is 321 g/mol. The molecule has 0 N–H and O–H groups in total. The molecule has 1 aliphatic carbocycles. The Morgan fingerprint density at radius 1 is 1.09 bits per heavy atom. The van der Waals surface area contributed by atoms with Crippen molar-refractivity contribution in [2.45, 2.75) is 58.1 Å². The molecule has 2 aromatic rings. The van der Waals surface area contributed by atoms with Gasteiger partial charge >= 0.3 is 5.97 Å². The van der Waals surface area contributed by atoms with Crippen molar-refractivity contribution in [3.8, 4) is 0 Å². The maximum Gasteiger partial charge on any atom is 0.357 e. The second-order valence-corrected chi connectivity index (χ2v) is 6.12. The Labute approximate surface area is 134 Å². The number of fused-ring (bicyclic) bond motifs is 4. The molecule has 1 aliphatic heterocycles. The third-order valence-corrected chi connectivity index (χ3v) is 4.62. The first-order chi connectivity index (χ1) is 10.9. The van der Waals surface area contributed by atoms with Crippen LogP contribution in [0.4, 0.5) is 8.78 Å². The lowest BCUT2D eigenvalue weighted by atomic mass is 9.88. The summed E-state index contributed by atoms with van der Waals surface area (Å²) in [6.45, 7) is 5.98. The molecule has 124 valence electrons. The number of nitrogens with zero attached hydrogens (tertiary/aromatic N) is 1. The maximum atomic E-state index is 13.5. The van der Waals surface area contributed by atoms with Gasteiger partial charge in [0.05, 0.1) is 5.52 Å². The lowest BCUT2D eigenvalue weighted by molar-refractivity contribution is -0.132. The van der Waals surface area contributed by atoms with Gasteiger partial charge in [0.1, 0.15) is 5.69 Å². The molecule has 3 nitrogen and oxygen atoms in total. The number of hydrogen-bond acceptors (Lipinski definition) is 2. The predicted molar refractivity (Wildman–Crippen MR) is 84.8 cm³/mol. The highest BCUT2D eigenvalue weighted by Crippen LogP contribution is 2.48. The van der Waals surface area contributed by atoms with Crippen LogP contribution in [0.15, 0.2) is 24.3 Å². The summed E-state index contributed by atoms with van der Waals surface area (Å²) in [5, 5.41) is 0.957. The average Bonchev–Trinajstić information content (AvgIpc) is 3.02. The van der Waals surface area contributed by atoms with Gasteiger partial charge in [0.2, 0.25) is 5.92 Å². The molecular weight excluding hydrogens is 300 g/mol. The van der Waals surface area contributed by atoms with E-state index in [1.54, 1.807) is 6.07 Å². The highest BCUT2D eigenvalue weighted by Gasteiger charge is 2.52. The zero-order valence-electron chi connectivity index (χ0n) is 13.7. The molecule has 0 amide bonds. The summed E-state index contributed by atoms with van der Waals surface area (Å²) < 4.78 is 34.3. The molecule has 1 saturated carbocycles. The molecule has 0 radical (unpaired) electrons. The first kappa shape index (κ1) is 16.0. The summed E-state index contributed by atoms with van der Waals surface area (Å²) >= 11 is 0. The van der Waals surface area contributed by atoms with Gasteiger partial charge in [-0.3, -0.25) is 4.57 Å². The van der Waals surface area contributed by atoms with Crippen LogP contribution in [-0.4, -0.2) is 16.5 Å². The molecule has 2 heterocycles.